The van der Waals surface area contributed by atoms with Crippen molar-refractivity contribution in [1.82, 2.24) is 9.78 Å². The molecule has 1 saturated carbocycles. The SMILES string of the molecule is O=Cc1c(C2CCCC2)nn(-c2cccc(F)c2)c1Cl. The second kappa shape index (κ2) is 5.37. The number of benzene rings is 1. The van der Waals surface area contributed by atoms with Crippen LogP contribution in [-0.4, -0.2) is 16.1 Å². The van der Waals surface area contributed by atoms with E-state index in [1.54, 1.807) is 12.1 Å². The van der Waals surface area contributed by atoms with E-state index >= 15 is 0 Å². The molecule has 0 unspecified atom stereocenters. The van der Waals surface area contributed by atoms with Gasteiger partial charge in [-0.15, -0.1) is 0 Å². The average molecular weight is 293 g/mol. The van der Waals surface area contributed by atoms with Crippen LogP contribution in [0.2, 0.25) is 5.15 Å². The number of hydrogen-bond acceptors (Lipinski definition) is 2. The number of rotatable bonds is 3. The van der Waals surface area contributed by atoms with Gasteiger partial charge in [-0.2, -0.15) is 5.10 Å². The van der Waals surface area contributed by atoms with E-state index in [2.05, 4.69) is 5.10 Å². The smallest absolute Gasteiger partial charge is 0.155 e. The third-order valence-electron chi connectivity index (χ3n) is 3.80. The van der Waals surface area contributed by atoms with Crippen molar-refractivity contribution in [1.29, 1.82) is 0 Å². The third kappa shape index (κ3) is 2.24. The first kappa shape index (κ1) is 13.3. The fourth-order valence-corrected chi connectivity index (χ4v) is 3.09. The van der Waals surface area contributed by atoms with Crippen molar-refractivity contribution in [2.45, 2.75) is 31.6 Å². The molecule has 0 bridgehead atoms. The number of halogens is 2. The van der Waals surface area contributed by atoms with Crippen molar-refractivity contribution in [3.8, 4) is 5.69 Å². The quantitative estimate of drug-likeness (QED) is 0.797. The molecule has 1 aromatic carbocycles. The fourth-order valence-electron chi connectivity index (χ4n) is 2.81. The lowest BCUT2D eigenvalue weighted by molar-refractivity contribution is 0.112. The lowest BCUT2D eigenvalue weighted by Gasteiger charge is -2.05. The Morgan fingerprint density at radius 1 is 1.35 bits per heavy atom. The van der Waals surface area contributed by atoms with E-state index in [1.807, 2.05) is 0 Å². The van der Waals surface area contributed by atoms with Gasteiger partial charge in [0.1, 0.15) is 11.0 Å². The molecule has 104 valence electrons. The first-order chi connectivity index (χ1) is 9.70. The van der Waals surface area contributed by atoms with Gasteiger partial charge in [0.05, 0.1) is 16.9 Å². The van der Waals surface area contributed by atoms with Gasteiger partial charge < -0.3 is 0 Å². The molecule has 0 N–H and O–H groups in total. The summed E-state index contributed by atoms with van der Waals surface area (Å²) in [5.74, 6) is -0.0772. The minimum Gasteiger partial charge on any atom is -0.298 e. The molecule has 1 aliphatic carbocycles. The van der Waals surface area contributed by atoms with Crippen LogP contribution >= 0.6 is 11.6 Å². The summed E-state index contributed by atoms with van der Waals surface area (Å²) >= 11 is 6.24. The second-order valence-electron chi connectivity index (χ2n) is 5.08. The molecule has 0 aliphatic heterocycles. The number of carbonyl (C=O) groups excluding carboxylic acids is 1. The Kier molecular flexibility index (Phi) is 3.57. The molecule has 1 heterocycles. The van der Waals surface area contributed by atoms with Crippen LogP contribution in [0.15, 0.2) is 24.3 Å². The van der Waals surface area contributed by atoms with Crippen LogP contribution in [0.3, 0.4) is 0 Å². The van der Waals surface area contributed by atoms with Crippen molar-refractivity contribution in [3.05, 3.63) is 46.5 Å². The highest BCUT2D eigenvalue weighted by molar-refractivity contribution is 6.32. The Bertz CT molecular complexity index is 647. The van der Waals surface area contributed by atoms with Gasteiger partial charge in [0.2, 0.25) is 0 Å². The molecule has 20 heavy (non-hydrogen) atoms. The highest BCUT2D eigenvalue weighted by atomic mass is 35.5. The van der Waals surface area contributed by atoms with E-state index in [0.717, 1.165) is 37.7 Å². The zero-order valence-electron chi connectivity index (χ0n) is 10.9. The van der Waals surface area contributed by atoms with Gasteiger partial charge in [-0.05, 0) is 31.0 Å². The molecule has 0 atom stereocenters. The van der Waals surface area contributed by atoms with Gasteiger partial charge >= 0.3 is 0 Å². The Labute approximate surface area is 121 Å². The highest BCUT2D eigenvalue weighted by Crippen LogP contribution is 2.37. The Morgan fingerprint density at radius 2 is 2.10 bits per heavy atom. The average Bonchev–Trinajstić information content (AvgIpc) is 3.05. The van der Waals surface area contributed by atoms with Crippen LogP contribution in [0.25, 0.3) is 5.69 Å². The molecule has 5 heteroatoms. The maximum Gasteiger partial charge on any atom is 0.155 e. The normalized spacial score (nSPS) is 15.7. The van der Waals surface area contributed by atoms with Crippen LogP contribution in [-0.2, 0) is 0 Å². The van der Waals surface area contributed by atoms with Gasteiger partial charge in [-0.3, -0.25) is 4.79 Å². The van der Waals surface area contributed by atoms with Crippen molar-refractivity contribution < 1.29 is 9.18 Å². The highest BCUT2D eigenvalue weighted by Gasteiger charge is 2.26. The molecular weight excluding hydrogens is 279 g/mol. The summed E-state index contributed by atoms with van der Waals surface area (Å²) in [6, 6.07) is 6.03. The van der Waals surface area contributed by atoms with Gasteiger partial charge in [-0.1, -0.05) is 30.5 Å². The van der Waals surface area contributed by atoms with Crippen molar-refractivity contribution >= 4 is 17.9 Å². The van der Waals surface area contributed by atoms with E-state index in [4.69, 9.17) is 11.6 Å². The first-order valence-corrected chi connectivity index (χ1v) is 7.08. The molecule has 1 fully saturated rings. The molecule has 0 saturated heterocycles. The third-order valence-corrected chi connectivity index (χ3v) is 4.17. The first-order valence-electron chi connectivity index (χ1n) is 6.70. The van der Waals surface area contributed by atoms with E-state index < -0.39 is 0 Å². The standard InChI is InChI=1S/C15H14ClFN2O/c16-15-13(9-20)14(10-4-1-2-5-10)18-19(15)12-7-3-6-11(17)8-12/h3,6-10H,1-2,4-5H2. The summed E-state index contributed by atoms with van der Waals surface area (Å²) in [6.07, 6.45) is 5.09. The zero-order chi connectivity index (χ0) is 14.1. The van der Waals surface area contributed by atoms with Gasteiger partial charge in [0, 0.05) is 5.92 Å². The molecule has 2 aromatic rings. The Balaban J connectivity index is 2.10. The van der Waals surface area contributed by atoms with Gasteiger partial charge in [0.25, 0.3) is 0 Å². The molecule has 0 amide bonds. The summed E-state index contributed by atoms with van der Waals surface area (Å²) in [5, 5.41) is 4.72. The molecule has 1 aliphatic rings. The van der Waals surface area contributed by atoms with Crippen molar-refractivity contribution in [3.63, 3.8) is 0 Å². The van der Waals surface area contributed by atoms with Crippen LogP contribution in [0, 0.1) is 5.82 Å². The fraction of sp³-hybridized carbons (Fsp3) is 0.333. The second-order valence-corrected chi connectivity index (χ2v) is 5.44. The summed E-state index contributed by atoms with van der Waals surface area (Å²) in [5.41, 5.74) is 1.71. The predicted octanol–water partition coefficient (Wildman–Crippen LogP) is 4.13. The number of aromatic nitrogens is 2. The van der Waals surface area contributed by atoms with Crippen molar-refractivity contribution in [2.24, 2.45) is 0 Å². The largest absolute Gasteiger partial charge is 0.298 e. The maximum absolute atomic E-state index is 13.3. The van der Waals surface area contributed by atoms with Crippen LogP contribution in [0.1, 0.15) is 47.7 Å². The number of hydrogen-bond donors (Lipinski definition) is 0. The van der Waals surface area contributed by atoms with Crippen LogP contribution in [0.4, 0.5) is 4.39 Å². The molecule has 0 radical (unpaired) electrons. The molecular formula is C15H14ClFN2O. The minimum absolute atomic E-state index is 0.257. The summed E-state index contributed by atoms with van der Waals surface area (Å²) in [4.78, 5) is 11.3. The topological polar surface area (TPSA) is 34.9 Å². The molecule has 3 rings (SSSR count). The summed E-state index contributed by atoms with van der Waals surface area (Å²) in [7, 11) is 0. The molecule has 1 aromatic heterocycles. The van der Waals surface area contributed by atoms with E-state index in [1.165, 1.54) is 16.8 Å². The lowest BCUT2D eigenvalue weighted by Crippen LogP contribution is -2.00. The summed E-state index contributed by atoms with van der Waals surface area (Å²) in [6.45, 7) is 0. The maximum atomic E-state index is 13.3. The lowest BCUT2D eigenvalue weighted by atomic mass is 10.0. The van der Waals surface area contributed by atoms with E-state index in [9.17, 15) is 9.18 Å². The number of carbonyl (C=O) groups is 1. The summed E-state index contributed by atoms with van der Waals surface area (Å²) < 4.78 is 14.8. The zero-order valence-corrected chi connectivity index (χ0v) is 11.6. The number of nitrogens with zero attached hydrogens (tertiary/aromatic N) is 2. The van der Waals surface area contributed by atoms with Crippen molar-refractivity contribution in [2.75, 3.05) is 0 Å². The molecule has 3 nitrogen and oxygen atoms in total. The van der Waals surface area contributed by atoms with E-state index in [-0.39, 0.29) is 16.9 Å². The monoisotopic (exact) mass is 292 g/mol. The Morgan fingerprint density at radius 3 is 2.75 bits per heavy atom. The van der Waals surface area contributed by atoms with Gasteiger partial charge in [-0.25, -0.2) is 9.07 Å². The van der Waals surface area contributed by atoms with Crippen LogP contribution in [0.5, 0.6) is 0 Å². The van der Waals surface area contributed by atoms with E-state index in [0.29, 0.717) is 11.3 Å². The molecule has 0 spiro atoms. The number of aldehydes is 1. The minimum atomic E-state index is -0.357. The Hall–Kier alpha value is -1.68. The predicted molar refractivity (Wildman–Crippen MR) is 75.1 cm³/mol. The van der Waals surface area contributed by atoms with Crippen LogP contribution < -0.4 is 0 Å². The van der Waals surface area contributed by atoms with Gasteiger partial charge in [0.15, 0.2) is 6.29 Å².